The van der Waals surface area contributed by atoms with Gasteiger partial charge in [0.2, 0.25) is 5.91 Å². The molecule has 4 heteroatoms. The molecule has 0 bridgehead atoms. The first kappa shape index (κ1) is 8.85. The molecule has 1 aliphatic carbocycles. The van der Waals surface area contributed by atoms with Crippen LogP contribution in [0.5, 0.6) is 0 Å². The lowest BCUT2D eigenvalue weighted by molar-refractivity contribution is -0.115. The fourth-order valence-corrected chi connectivity index (χ4v) is 2.06. The van der Waals surface area contributed by atoms with Crippen LogP contribution in [-0.4, -0.2) is 11.0 Å². The zero-order chi connectivity index (χ0) is 10.6. The molecule has 78 valence electrons. The number of fused-ring (bicyclic) bond motifs is 1. The Hall–Kier alpha value is -1.42. The van der Waals surface area contributed by atoms with Crippen molar-refractivity contribution in [3.63, 3.8) is 0 Å². The molecule has 2 N–H and O–H groups in total. The van der Waals surface area contributed by atoms with Crippen LogP contribution in [0, 0.1) is 5.82 Å². The van der Waals surface area contributed by atoms with E-state index in [0.29, 0.717) is 29.7 Å². The summed E-state index contributed by atoms with van der Waals surface area (Å²) in [6.45, 7) is 0. The predicted molar refractivity (Wildman–Crippen MR) is 51.9 cm³/mol. The number of hydrogen-bond acceptors (Lipinski definition) is 2. The Morgan fingerprint density at radius 1 is 1.40 bits per heavy atom. The van der Waals surface area contributed by atoms with Crippen LogP contribution in [-0.2, 0) is 16.8 Å². The van der Waals surface area contributed by atoms with Gasteiger partial charge in [0.05, 0.1) is 17.7 Å². The molecule has 3 nitrogen and oxygen atoms in total. The Labute approximate surface area is 85.9 Å². The second-order valence-corrected chi connectivity index (χ2v) is 4.24. The maximum absolute atomic E-state index is 13.3. The number of carbonyl (C=O) groups excluding carboxylic acids is 1. The van der Waals surface area contributed by atoms with Crippen molar-refractivity contribution in [1.29, 1.82) is 0 Å². The van der Waals surface area contributed by atoms with Gasteiger partial charge in [-0.15, -0.1) is 0 Å². The lowest BCUT2D eigenvalue weighted by atomic mass is 10.0. The topological polar surface area (TPSA) is 49.3 Å². The van der Waals surface area contributed by atoms with E-state index in [-0.39, 0.29) is 18.1 Å². The smallest absolute Gasteiger partial charge is 0.228 e. The molecular weight excluding hydrogens is 197 g/mol. The quantitative estimate of drug-likeness (QED) is 0.729. The molecule has 1 heterocycles. The standard InChI is InChI=1S/C11H10FNO2/c12-7-3-6-4-9(14)13-10(6)8(5-7)11(15)1-2-11/h3,5,15H,1-2,4H2,(H,13,14). The van der Waals surface area contributed by atoms with E-state index in [4.69, 9.17) is 0 Å². The molecule has 0 spiro atoms. The maximum Gasteiger partial charge on any atom is 0.228 e. The van der Waals surface area contributed by atoms with Gasteiger partial charge in [-0.25, -0.2) is 4.39 Å². The summed E-state index contributed by atoms with van der Waals surface area (Å²) in [5, 5.41) is 12.6. The third kappa shape index (κ3) is 1.25. The third-order valence-corrected chi connectivity index (χ3v) is 3.03. The van der Waals surface area contributed by atoms with Crippen LogP contribution < -0.4 is 5.32 Å². The SMILES string of the molecule is O=C1Cc2cc(F)cc(C3(O)CC3)c2N1. The van der Waals surface area contributed by atoms with Crippen LogP contribution >= 0.6 is 0 Å². The number of halogens is 1. The lowest BCUT2D eigenvalue weighted by Crippen LogP contribution is -2.10. The second-order valence-electron chi connectivity index (χ2n) is 4.24. The van der Waals surface area contributed by atoms with Crippen LogP contribution in [0.15, 0.2) is 12.1 Å². The number of amides is 1. The van der Waals surface area contributed by atoms with Gasteiger partial charge < -0.3 is 10.4 Å². The summed E-state index contributed by atoms with van der Waals surface area (Å²) in [5.74, 6) is -0.526. The largest absolute Gasteiger partial charge is 0.385 e. The van der Waals surface area contributed by atoms with Crippen molar-refractivity contribution in [2.75, 3.05) is 5.32 Å². The Bertz CT molecular complexity index is 466. The summed E-state index contributed by atoms with van der Waals surface area (Å²) < 4.78 is 13.3. The van der Waals surface area contributed by atoms with E-state index in [1.54, 1.807) is 0 Å². The van der Waals surface area contributed by atoms with Gasteiger partial charge in [-0.2, -0.15) is 0 Å². The van der Waals surface area contributed by atoms with Crippen molar-refractivity contribution in [1.82, 2.24) is 0 Å². The van der Waals surface area contributed by atoms with E-state index < -0.39 is 5.60 Å². The van der Waals surface area contributed by atoms with E-state index in [9.17, 15) is 14.3 Å². The number of nitrogens with one attached hydrogen (secondary N) is 1. The lowest BCUT2D eigenvalue weighted by Gasteiger charge is -2.13. The van der Waals surface area contributed by atoms with Gasteiger partial charge in [-0.1, -0.05) is 0 Å². The fraction of sp³-hybridized carbons (Fsp3) is 0.364. The minimum Gasteiger partial charge on any atom is -0.385 e. The summed E-state index contributed by atoms with van der Waals surface area (Å²) in [5.41, 5.74) is 0.879. The van der Waals surface area contributed by atoms with E-state index >= 15 is 0 Å². The minimum absolute atomic E-state index is 0.138. The number of benzene rings is 1. The van der Waals surface area contributed by atoms with Crippen molar-refractivity contribution >= 4 is 11.6 Å². The highest BCUT2D eigenvalue weighted by atomic mass is 19.1. The fourth-order valence-electron chi connectivity index (χ4n) is 2.06. The van der Waals surface area contributed by atoms with Gasteiger partial charge in [-0.05, 0) is 30.5 Å². The molecule has 1 aromatic carbocycles. The molecule has 0 saturated heterocycles. The predicted octanol–water partition coefficient (Wildman–Crippen LogP) is 1.30. The Balaban J connectivity index is 2.19. The highest BCUT2D eigenvalue weighted by Gasteiger charge is 2.45. The Morgan fingerprint density at radius 3 is 2.80 bits per heavy atom. The molecule has 1 aromatic rings. The maximum atomic E-state index is 13.3. The van der Waals surface area contributed by atoms with Crippen molar-refractivity contribution in [3.8, 4) is 0 Å². The third-order valence-electron chi connectivity index (χ3n) is 3.03. The number of carbonyl (C=O) groups is 1. The van der Waals surface area contributed by atoms with Crippen molar-refractivity contribution < 1.29 is 14.3 Å². The molecule has 1 amide bonds. The second kappa shape index (κ2) is 2.58. The molecule has 0 radical (unpaired) electrons. The first-order chi connectivity index (χ1) is 7.08. The van der Waals surface area contributed by atoms with Gasteiger partial charge in [0.1, 0.15) is 5.82 Å². The molecule has 1 fully saturated rings. The number of rotatable bonds is 1. The zero-order valence-corrected chi connectivity index (χ0v) is 8.01. The van der Waals surface area contributed by atoms with Crippen LogP contribution in [0.4, 0.5) is 10.1 Å². The Morgan fingerprint density at radius 2 is 2.13 bits per heavy atom. The molecule has 2 aliphatic rings. The van der Waals surface area contributed by atoms with Crippen molar-refractivity contribution in [3.05, 3.63) is 29.1 Å². The van der Waals surface area contributed by atoms with Crippen molar-refractivity contribution in [2.24, 2.45) is 0 Å². The van der Waals surface area contributed by atoms with Crippen molar-refractivity contribution in [2.45, 2.75) is 24.9 Å². The summed E-state index contributed by atoms with van der Waals surface area (Å²) >= 11 is 0. The van der Waals surface area contributed by atoms with E-state index in [2.05, 4.69) is 5.32 Å². The first-order valence-electron chi connectivity index (χ1n) is 4.94. The highest BCUT2D eigenvalue weighted by molar-refractivity contribution is 6.00. The van der Waals surface area contributed by atoms with Crippen LogP contribution in [0.1, 0.15) is 24.0 Å². The number of hydrogen-bond donors (Lipinski definition) is 2. The normalized spacial score (nSPS) is 21.1. The monoisotopic (exact) mass is 207 g/mol. The molecule has 0 aromatic heterocycles. The van der Waals surface area contributed by atoms with E-state index in [1.165, 1.54) is 12.1 Å². The summed E-state index contributed by atoms with van der Waals surface area (Å²) in [6, 6.07) is 2.67. The molecule has 0 atom stereocenters. The molecule has 0 unspecified atom stereocenters. The van der Waals surface area contributed by atoms with Gasteiger partial charge in [0.15, 0.2) is 0 Å². The Kier molecular flexibility index (Phi) is 1.52. The molecule has 1 saturated carbocycles. The summed E-state index contributed by atoms with van der Waals surface area (Å²) in [4.78, 5) is 11.2. The first-order valence-corrected chi connectivity index (χ1v) is 4.94. The van der Waals surface area contributed by atoms with Gasteiger partial charge in [0, 0.05) is 5.56 Å². The molecule has 15 heavy (non-hydrogen) atoms. The average molecular weight is 207 g/mol. The molecule has 3 rings (SSSR count). The highest BCUT2D eigenvalue weighted by Crippen LogP contribution is 2.49. The van der Waals surface area contributed by atoms with Gasteiger partial charge in [-0.3, -0.25) is 4.79 Å². The zero-order valence-electron chi connectivity index (χ0n) is 8.01. The molecule has 1 aliphatic heterocycles. The van der Waals surface area contributed by atoms with E-state index in [0.717, 1.165) is 0 Å². The average Bonchev–Trinajstić information content (AvgIpc) is 2.78. The van der Waals surface area contributed by atoms with Gasteiger partial charge in [0.25, 0.3) is 0 Å². The van der Waals surface area contributed by atoms with Crippen LogP contribution in [0.2, 0.25) is 0 Å². The van der Waals surface area contributed by atoms with E-state index in [1.807, 2.05) is 0 Å². The van der Waals surface area contributed by atoms with Crippen LogP contribution in [0.25, 0.3) is 0 Å². The number of aliphatic hydroxyl groups is 1. The van der Waals surface area contributed by atoms with Gasteiger partial charge >= 0.3 is 0 Å². The molecular formula is C11H10FNO2. The number of anilines is 1. The minimum atomic E-state index is -0.913. The summed E-state index contributed by atoms with van der Waals surface area (Å²) in [6.07, 6.45) is 1.48. The van der Waals surface area contributed by atoms with Crippen LogP contribution in [0.3, 0.4) is 0 Å². The summed E-state index contributed by atoms with van der Waals surface area (Å²) in [7, 11) is 0.